The van der Waals surface area contributed by atoms with Gasteiger partial charge < -0.3 is 4.42 Å². The molecule has 2 aromatic heterocycles. The highest BCUT2D eigenvalue weighted by atomic mass is 32.2. The van der Waals surface area contributed by atoms with Gasteiger partial charge in [0.2, 0.25) is 0 Å². The molecule has 1 amide bonds. The lowest BCUT2D eigenvalue weighted by Gasteiger charge is -2.10. The van der Waals surface area contributed by atoms with Crippen LogP contribution in [0.25, 0.3) is 23.2 Å². The summed E-state index contributed by atoms with van der Waals surface area (Å²) in [6.07, 6.45) is 5.01. The topological polar surface area (TPSA) is 85.3 Å². The molecule has 0 bridgehead atoms. The number of thioether (sulfide) groups is 1. The van der Waals surface area contributed by atoms with Crippen LogP contribution in [0.2, 0.25) is 0 Å². The van der Waals surface area contributed by atoms with Gasteiger partial charge in [-0.05, 0) is 49.8 Å². The summed E-state index contributed by atoms with van der Waals surface area (Å²) in [5.41, 5.74) is 6.46. The number of hydrogen-bond donors (Lipinski definition) is 1. The van der Waals surface area contributed by atoms with Crippen LogP contribution >= 0.6 is 11.8 Å². The van der Waals surface area contributed by atoms with Crippen molar-refractivity contribution in [3.8, 4) is 17.1 Å². The summed E-state index contributed by atoms with van der Waals surface area (Å²) < 4.78 is 7.22. The van der Waals surface area contributed by atoms with E-state index in [2.05, 4.69) is 20.7 Å². The number of amides is 1. The second kappa shape index (κ2) is 10.6. The smallest absolute Gasteiger partial charge is 0.250 e. The lowest BCUT2D eigenvalue weighted by molar-refractivity contribution is -0.118. The summed E-state index contributed by atoms with van der Waals surface area (Å²) in [4.78, 5) is 12.3. The molecule has 4 aromatic rings. The van der Waals surface area contributed by atoms with Crippen molar-refractivity contribution in [3.05, 3.63) is 89.9 Å². The number of hydrogen-bond acceptors (Lipinski definition) is 6. The molecule has 0 saturated carbocycles. The second-order valence-electron chi connectivity index (χ2n) is 7.33. The van der Waals surface area contributed by atoms with Gasteiger partial charge in [-0.2, -0.15) is 5.10 Å². The Kier molecular flexibility index (Phi) is 7.16. The Hall–Kier alpha value is -3.91. The van der Waals surface area contributed by atoms with Gasteiger partial charge in [-0.15, -0.1) is 10.2 Å². The maximum Gasteiger partial charge on any atom is 0.250 e. The van der Waals surface area contributed by atoms with Crippen molar-refractivity contribution in [1.29, 1.82) is 0 Å². The predicted octanol–water partition coefficient (Wildman–Crippen LogP) is 5.13. The van der Waals surface area contributed by atoms with E-state index in [0.29, 0.717) is 5.16 Å². The average molecular weight is 458 g/mol. The quantitative estimate of drug-likeness (QED) is 0.225. The first-order valence-corrected chi connectivity index (χ1v) is 11.3. The molecule has 0 aliphatic rings. The predicted molar refractivity (Wildman–Crippen MR) is 131 cm³/mol. The molecular weight excluding hydrogens is 434 g/mol. The number of nitrogens with zero attached hydrogens (tertiary/aromatic N) is 4. The van der Waals surface area contributed by atoms with Crippen LogP contribution in [-0.2, 0) is 4.79 Å². The highest BCUT2D eigenvalue weighted by Gasteiger charge is 2.17. The molecule has 0 aliphatic heterocycles. The van der Waals surface area contributed by atoms with Crippen molar-refractivity contribution in [1.82, 2.24) is 20.2 Å². The zero-order valence-electron chi connectivity index (χ0n) is 18.3. The Labute approximate surface area is 196 Å². The van der Waals surface area contributed by atoms with E-state index in [4.69, 9.17) is 4.42 Å². The highest BCUT2D eigenvalue weighted by molar-refractivity contribution is 7.99. The third-order valence-electron chi connectivity index (χ3n) is 4.66. The van der Waals surface area contributed by atoms with Gasteiger partial charge in [0.15, 0.2) is 11.0 Å². The number of aromatic nitrogens is 3. The molecule has 0 fully saturated rings. The molecule has 2 heterocycles. The fraction of sp³-hybridized carbons (Fsp3) is 0.120. The Morgan fingerprint density at radius 1 is 1.09 bits per heavy atom. The van der Waals surface area contributed by atoms with E-state index in [-0.39, 0.29) is 11.7 Å². The number of para-hydroxylation sites is 1. The van der Waals surface area contributed by atoms with E-state index in [9.17, 15) is 4.79 Å². The van der Waals surface area contributed by atoms with Gasteiger partial charge in [0.1, 0.15) is 5.76 Å². The van der Waals surface area contributed by atoms with Gasteiger partial charge in [0.25, 0.3) is 5.91 Å². The minimum absolute atomic E-state index is 0.150. The molecular formula is C25H23N5O2S. The minimum Gasteiger partial charge on any atom is -0.465 e. The lowest BCUT2D eigenvalue weighted by Crippen LogP contribution is -2.20. The van der Waals surface area contributed by atoms with E-state index in [1.54, 1.807) is 12.5 Å². The van der Waals surface area contributed by atoms with Crippen molar-refractivity contribution >= 4 is 30.0 Å². The summed E-state index contributed by atoms with van der Waals surface area (Å²) in [6, 6.07) is 21.6. The number of carbonyl (C=O) groups excluding carboxylic acids is 1. The van der Waals surface area contributed by atoms with Gasteiger partial charge in [-0.25, -0.2) is 5.43 Å². The summed E-state index contributed by atoms with van der Waals surface area (Å²) in [6.45, 7) is 3.92. The monoisotopic (exact) mass is 457 g/mol. The summed E-state index contributed by atoms with van der Waals surface area (Å²) in [7, 11) is 0. The average Bonchev–Trinajstić information content (AvgIpc) is 3.49. The molecule has 8 heteroatoms. The van der Waals surface area contributed by atoms with Gasteiger partial charge in [-0.1, -0.05) is 59.8 Å². The molecule has 0 aliphatic carbocycles. The fourth-order valence-corrected chi connectivity index (χ4v) is 3.81. The van der Waals surface area contributed by atoms with Crippen molar-refractivity contribution in [2.75, 3.05) is 5.75 Å². The zero-order chi connectivity index (χ0) is 23.0. The van der Waals surface area contributed by atoms with E-state index in [1.165, 1.54) is 17.3 Å². The maximum atomic E-state index is 12.3. The first kappa shape index (κ1) is 22.3. The Balaban J connectivity index is 1.46. The molecule has 0 atom stereocenters. The minimum atomic E-state index is -0.235. The molecule has 0 spiro atoms. The number of allylic oxidation sites excluding steroid dienone is 1. The fourth-order valence-electron chi connectivity index (χ4n) is 3.07. The number of hydrazone groups is 1. The molecule has 0 radical (unpaired) electrons. The van der Waals surface area contributed by atoms with E-state index in [1.807, 2.05) is 91.2 Å². The lowest BCUT2D eigenvalue weighted by atomic mass is 10.1. The molecule has 33 heavy (non-hydrogen) atoms. The zero-order valence-corrected chi connectivity index (χ0v) is 19.1. The van der Waals surface area contributed by atoms with Crippen molar-refractivity contribution in [2.45, 2.75) is 19.0 Å². The number of benzene rings is 2. The van der Waals surface area contributed by atoms with Crippen molar-refractivity contribution in [3.63, 3.8) is 0 Å². The van der Waals surface area contributed by atoms with Crippen LogP contribution in [0, 0.1) is 6.92 Å². The summed E-state index contributed by atoms with van der Waals surface area (Å²) >= 11 is 1.31. The van der Waals surface area contributed by atoms with Gasteiger partial charge in [-0.3, -0.25) is 9.36 Å². The molecule has 7 nitrogen and oxygen atoms in total. The largest absolute Gasteiger partial charge is 0.465 e. The van der Waals surface area contributed by atoms with Crippen LogP contribution in [0.1, 0.15) is 18.2 Å². The van der Waals surface area contributed by atoms with Crippen LogP contribution in [0.15, 0.2) is 93.2 Å². The molecule has 2 aromatic carbocycles. The van der Waals surface area contributed by atoms with Gasteiger partial charge in [0.05, 0.1) is 18.2 Å². The molecule has 0 unspecified atom stereocenters. The third kappa shape index (κ3) is 5.87. The Morgan fingerprint density at radius 2 is 1.88 bits per heavy atom. The second-order valence-corrected chi connectivity index (χ2v) is 8.27. The first-order chi connectivity index (χ1) is 16.1. The highest BCUT2D eigenvalue weighted by Crippen LogP contribution is 2.28. The summed E-state index contributed by atoms with van der Waals surface area (Å²) in [5, 5.41) is 13.4. The van der Waals surface area contributed by atoms with Crippen LogP contribution in [0.3, 0.4) is 0 Å². The molecule has 1 N–H and O–H groups in total. The van der Waals surface area contributed by atoms with Crippen LogP contribution in [0.5, 0.6) is 0 Å². The van der Waals surface area contributed by atoms with Crippen LogP contribution in [-0.4, -0.2) is 32.6 Å². The van der Waals surface area contributed by atoms with Crippen LogP contribution in [0.4, 0.5) is 0 Å². The first-order valence-electron chi connectivity index (χ1n) is 10.3. The Bertz CT molecular complexity index is 1260. The normalized spacial score (nSPS) is 11.8. The molecule has 0 saturated heterocycles. The van der Waals surface area contributed by atoms with Crippen molar-refractivity contribution < 1.29 is 9.21 Å². The number of aryl methyl sites for hydroxylation is 1. The number of nitrogens with one attached hydrogen (secondary N) is 1. The standard InChI is InChI=1S/C25H23N5O2S/c1-18-10-12-20(13-11-18)24-28-29-25(30(24)21-7-4-3-5-8-21)33-17-23(31)27-26-16-19(2)15-22-9-6-14-32-22/h3-16H,17H2,1-2H3,(H,27,31). The van der Waals surface area contributed by atoms with E-state index >= 15 is 0 Å². The number of furan rings is 1. The van der Waals surface area contributed by atoms with Gasteiger partial charge in [0, 0.05) is 11.3 Å². The summed E-state index contributed by atoms with van der Waals surface area (Å²) in [5.74, 6) is 1.37. The van der Waals surface area contributed by atoms with Gasteiger partial charge >= 0.3 is 0 Å². The molecule has 166 valence electrons. The Morgan fingerprint density at radius 3 is 2.61 bits per heavy atom. The number of carbonyl (C=O) groups is 1. The van der Waals surface area contributed by atoms with E-state index in [0.717, 1.165) is 28.4 Å². The maximum absolute atomic E-state index is 12.3. The SMILES string of the molecule is CC(C=NNC(=O)CSc1nnc(-c2ccc(C)cc2)n1-c1ccccc1)=Cc1ccco1. The third-order valence-corrected chi connectivity index (χ3v) is 5.59. The number of rotatable bonds is 8. The van der Waals surface area contributed by atoms with E-state index < -0.39 is 0 Å². The van der Waals surface area contributed by atoms with Crippen molar-refractivity contribution in [2.24, 2.45) is 5.10 Å². The molecule has 4 rings (SSSR count). The van der Waals surface area contributed by atoms with Crippen LogP contribution < -0.4 is 5.43 Å².